The lowest BCUT2D eigenvalue weighted by Gasteiger charge is -2.11. The third kappa shape index (κ3) is 4.02. The van der Waals surface area contributed by atoms with E-state index in [0.29, 0.717) is 13.1 Å². The van der Waals surface area contributed by atoms with E-state index < -0.39 is 0 Å². The molecule has 0 bridgehead atoms. The number of carbonyl (C=O) groups excluding carboxylic acids is 1. The van der Waals surface area contributed by atoms with Gasteiger partial charge in [0.2, 0.25) is 5.91 Å². The van der Waals surface area contributed by atoms with Crippen molar-refractivity contribution in [3.8, 4) is 0 Å². The Morgan fingerprint density at radius 3 is 2.94 bits per heavy atom. The average molecular weight is 225 g/mol. The van der Waals surface area contributed by atoms with Gasteiger partial charge >= 0.3 is 0 Å². The number of nitrogens with zero attached hydrogens (tertiary/aromatic N) is 1. The minimum atomic E-state index is -0.0343. The quantitative estimate of drug-likeness (QED) is 0.753. The summed E-state index contributed by atoms with van der Waals surface area (Å²) in [7, 11) is 0. The van der Waals surface area contributed by atoms with Crippen LogP contribution in [0.1, 0.15) is 25.3 Å². The molecule has 0 fully saturated rings. The Balaban J connectivity index is 2.29. The van der Waals surface area contributed by atoms with Crippen LogP contribution in [0.15, 0.2) is 10.6 Å². The van der Waals surface area contributed by atoms with Crippen LogP contribution in [0.2, 0.25) is 0 Å². The molecule has 2 N–H and O–H groups in total. The molecular formula is C11H19N3O2. The first-order valence-corrected chi connectivity index (χ1v) is 5.54. The second-order valence-corrected chi connectivity index (χ2v) is 3.86. The minimum absolute atomic E-state index is 0.0293. The molecule has 0 saturated carbocycles. The zero-order valence-corrected chi connectivity index (χ0v) is 10.0. The maximum Gasteiger partial charge on any atom is 0.224 e. The fourth-order valence-corrected chi connectivity index (χ4v) is 1.31. The normalized spacial score (nSPS) is 12.4. The van der Waals surface area contributed by atoms with E-state index >= 15 is 0 Å². The van der Waals surface area contributed by atoms with Crippen LogP contribution in [0.25, 0.3) is 0 Å². The van der Waals surface area contributed by atoms with E-state index in [0.717, 1.165) is 18.0 Å². The minimum Gasteiger partial charge on any atom is -0.361 e. The second-order valence-electron chi connectivity index (χ2n) is 3.86. The number of nitrogens with one attached hydrogen (secondary N) is 2. The zero-order chi connectivity index (χ0) is 12.0. The van der Waals surface area contributed by atoms with Crippen LogP contribution >= 0.6 is 0 Å². The number of aryl methyl sites for hydroxylation is 1. The molecule has 0 aromatic carbocycles. The van der Waals surface area contributed by atoms with Crippen molar-refractivity contribution in [2.24, 2.45) is 5.92 Å². The van der Waals surface area contributed by atoms with Crippen LogP contribution in [-0.2, 0) is 11.3 Å². The summed E-state index contributed by atoms with van der Waals surface area (Å²) < 4.78 is 4.91. The van der Waals surface area contributed by atoms with Gasteiger partial charge in [-0.15, -0.1) is 0 Å². The average Bonchev–Trinajstić information content (AvgIpc) is 2.68. The van der Waals surface area contributed by atoms with Crippen LogP contribution in [0.5, 0.6) is 0 Å². The summed E-state index contributed by atoms with van der Waals surface area (Å²) in [4.78, 5) is 11.6. The smallest absolute Gasteiger partial charge is 0.224 e. The Bertz CT molecular complexity index is 336. The number of carbonyl (C=O) groups is 1. The van der Waals surface area contributed by atoms with Crippen molar-refractivity contribution in [2.45, 2.75) is 27.3 Å². The topological polar surface area (TPSA) is 67.2 Å². The van der Waals surface area contributed by atoms with Gasteiger partial charge in [-0.1, -0.05) is 19.0 Å². The molecule has 0 saturated heterocycles. The molecule has 1 amide bonds. The lowest BCUT2D eigenvalue weighted by atomic mass is 10.1. The molecular weight excluding hydrogens is 206 g/mol. The van der Waals surface area contributed by atoms with Crippen LogP contribution in [0.4, 0.5) is 0 Å². The second kappa shape index (κ2) is 6.27. The maximum atomic E-state index is 11.6. The van der Waals surface area contributed by atoms with Gasteiger partial charge in [0.15, 0.2) is 0 Å². The molecule has 16 heavy (non-hydrogen) atoms. The molecule has 1 aromatic rings. The molecule has 1 aromatic heterocycles. The lowest BCUT2D eigenvalue weighted by molar-refractivity contribution is -0.124. The van der Waals surface area contributed by atoms with Crippen molar-refractivity contribution < 1.29 is 9.32 Å². The summed E-state index contributed by atoms with van der Waals surface area (Å²) >= 11 is 0. The molecule has 1 rings (SSSR count). The fraction of sp³-hybridized carbons (Fsp3) is 0.636. The van der Waals surface area contributed by atoms with Crippen molar-refractivity contribution in [2.75, 3.05) is 13.1 Å². The zero-order valence-electron chi connectivity index (χ0n) is 10.0. The summed E-state index contributed by atoms with van der Waals surface area (Å²) in [5, 5.41) is 9.76. The largest absolute Gasteiger partial charge is 0.361 e. The van der Waals surface area contributed by atoms with Crippen LogP contribution in [0.3, 0.4) is 0 Å². The third-order valence-corrected chi connectivity index (χ3v) is 2.27. The maximum absolute atomic E-state index is 11.6. The highest BCUT2D eigenvalue weighted by Gasteiger charge is 2.12. The van der Waals surface area contributed by atoms with Gasteiger partial charge < -0.3 is 15.2 Å². The Hall–Kier alpha value is -1.36. The number of rotatable bonds is 6. The first-order chi connectivity index (χ1) is 7.63. The number of hydrogen-bond acceptors (Lipinski definition) is 4. The van der Waals surface area contributed by atoms with E-state index in [-0.39, 0.29) is 11.8 Å². The van der Waals surface area contributed by atoms with Crippen LogP contribution in [-0.4, -0.2) is 24.2 Å². The Labute approximate surface area is 95.6 Å². The summed E-state index contributed by atoms with van der Waals surface area (Å²) in [6.07, 6.45) is 0. The van der Waals surface area contributed by atoms with E-state index in [9.17, 15) is 4.79 Å². The number of hydrogen-bond donors (Lipinski definition) is 2. The van der Waals surface area contributed by atoms with Crippen molar-refractivity contribution in [3.63, 3.8) is 0 Å². The number of amides is 1. The molecule has 5 heteroatoms. The summed E-state index contributed by atoms with van der Waals surface area (Å²) in [5.74, 6) is 0.750. The molecule has 1 unspecified atom stereocenters. The molecule has 0 aliphatic rings. The summed E-state index contributed by atoms with van der Waals surface area (Å²) in [6, 6.07) is 1.81. The van der Waals surface area contributed by atoms with E-state index in [1.165, 1.54) is 0 Å². The predicted molar refractivity (Wildman–Crippen MR) is 60.8 cm³/mol. The van der Waals surface area contributed by atoms with Gasteiger partial charge in [0.05, 0.1) is 6.54 Å². The van der Waals surface area contributed by atoms with E-state index in [4.69, 9.17) is 4.52 Å². The van der Waals surface area contributed by atoms with E-state index in [1.54, 1.807) is 0 Å². The Kier molecular flexibility index (Phi) is 4.98. The van der Waals surface area contributed by atoms with Crippen molar-refractivity contribution in [1.82, 2.24) is 15.8 Å². The van der Waals surface area contributed by atoms with Gasteiger partial charge in [0.1, 0.15) is 11.5 Å². The molecule has 0 spiro atoms. The standard InChI is InChI=1S/C11H19N3O2/c1-4-12-6-8(2)11(15)13-7-10-5-9(3)16-14-10/h5,8,12H,4,6-7H2,1-3H3,(H,13,15). The van der Waals surface area contributed by atoms with Crippen molar-refractivity contribution in [3.05, 3.63) is 17.5 Å². The van der Waals surface area contributed by atoms with Crippen LogP contribution in [0, 0.1) is 12.8 Å². The molecule has 0 aliphatic heterocycles. The van der Waals surface area contributed by atoms with Gasteiger partial charge in [0.25, 0.3) is 0 Å². The summed E-state index contributed by atoms with van der Waals surface area (Å²) in [6.45, 7) is 7.73. The van der Waals surface area contributed by atoms with Gasteiger partial charge in [-0.3, -0.25) is 4.79 Å². The molecule has 0 radical (unpaired) electrons. The molecule has 90 valence electrons. The molecule has 1 heterocycles. The molecule has 1 atom stereocenters. The van der Waals surface area contributed by atoms with Gasteiger partial charge in [-0.2, -0.15) is 0 Å². The first-order valence-electron chi connectivity index (χ1n) is 5.54. The molecule has 0 aliphatic carbocycles. The van der Waals surface area contributed by atoms with Crippen molar-refractivity contribution >= 4 is 5.91 Å². The first kappa shape index (κ1) is 12.7. The van der Waals surface area contributed by atoms with Crippen LogP contribution < -0.4 is 10.6 Å². The SMILES string of the molecule is CCNCC(C)C(=O)NCc1cc(C)on1. The van der Waals surface area contributed by atoms with E-state index in [1.807, 2.05) is 26.8 Å². The van der Waals surface area contributed by atoms with Gasteiger partial charge in [-0.25, -0.2) is 0 Å². The molecule has 5 nitrogen and oxygen atoms in total. The Morgan fingerprint density at radius 1 is 1.62 bits per heavy atom. The lowest BCUT2D eigenvalue weighted by Crippen LogP contribution is -2.34. The predicted octanol–water partition coefficient (Wildman–Crippen LogP) is 0.845. The highest BCUT2D eigenvalue weighted by molar-refractivity contribution is 5.78. The monoisotopic (exact) mass is 225 g/mol. The number of aromatic nitrogens is 1. The fourth-order valence-electron chi connectivity index (χ4n) is 1.31. The van der Waals surface area contributed by atoms with Crippen molar-refractivity contribution in [1.29, 1.82) is 0 Å². The Morgan fingerprint density at radius 2 is 2.38 bits per heavy atom. The van der Waals surface area contributed by atoms with E-state index in [2.05, 4.69) is 15.8 Å². The third-order valence-electron chi connectivity index (χ3n) is 2.27. The summed E-state index contributed by atoms with van der Waals surface area (Å²) in [5.41, 5.74) is 0.751. The van der Waals surface area contributed by atoms with Gasteiger partial charge in [-0.05, 0) is 13.5 Å². The highest BCUT2D eigenvalue weighted by Crippen LogP contribution is 2.01. The van der Waals surface area contributed by atoms with Gasteiger partial charge in [0, 0.05) is 18.5 Å². The highest BCUT2D eigenvalue weighted by atomic mass is 16.5.